The van der Waals surface area contributed by atoms with Gasteiger partial charge in [0.2, 0.25) is 11.7 Å². The van der Waals surface area contributed by atoms with Crippen LogP contribution in [0.15, 0.2) is 35.1 Å². The average Bonchev–Trinajstić information content (AvgIpc) is 3.31. The van der Waals surface area contributed by atoms with Gasteiger partial charge in [-0.1, -0.05) is 11.6 Å². The summed E-state index contributed by atoms with van der Waals surface area (Å²) >= 11 is 1.76. The molecule has 7 nitrogen and oxygen atoms in total. The van der Waals surface area contributed by atoms with Crippen LogP contribution in [0.4, 0.5) is 0 Å². The molecule has 0 fully saturated rings. The Morgan fingerprint density at radius 2 is 1.93 bits per heavy atom. The normalized spacial score (nSPS) is 13.8. The van der Waals surface area contributed by atoms with Crippen LogP contribution in [0.5, 0.6) is 11.6 Å². The molecular formula is C21H20N4O3S. The predicted octanol–water partition coefficient (Wildman–Crippen LogP) is 4.60. The molecule has 0 N–H and O–H groups in total. The molecule has 0 amide bonds. The van der Waals surface area contributed by atoms with Crippen molar-refractivity contribution in [2.45, 2.75) is 38.7 Å². The first-order valence-corrected chi connectivity index (χ1v) is 10.5. The second-order valence-electron chi connectivity index (χ2n) is 6.95. The lowest BCUT2D eigenvalue weighted by atomic mass is 10.1. The first-order valence-electron chi connectivity index (χ1n) is 9.67. The fraction of sp³-hybridized carbons (Fsp3) is 0.333. The van der Waals surface area contributed by atoms with E-state index in [0.29, 0.717) is 17.6 Å². The number of aryl methyl sites for hydroxylation is 2. The first kappa shape index (κ1) is 18.1. The van der Waals surface area contributed by atoms with Crippen molar-refractivity contribution in [3.8, 4) is 23.0 Å². The molecule has 0 saturated heterocycles. The van der Waals surface area contributed by atoms with Crippen molar-refractivity contribution < 1.29 is 14.0 Å². The van der Waals surface area contributed by atoms with E-state index in [4.69, 9.17) is 14.0 Å². The zero-order valence-corrected chi connectivity index (χ0v) is 16.9. The minimum absolute atomic E-state index is 0.167. The Morgan fingerprint density at radius 3 is 2.79 bits per heavy atom. The van der Waals surface area contributed by atoms with Crippen LogP contribution in [0.25, 0.3) is 21.6 Å². The molecule has 8 heteroatoms. The second kappa shape index (κ2) is 7.79. The highest BCUT2D eigenvalue weighted by molar-refractivity contribution is 7.18. The molecule has 0 aliphatic heterocycles. The highest BCUT2D eigenvalue weighted by Gasteiger charge is 2.20. The van der Waals surface area contributed by atoms with Crippen molar-refractivity contribution in [2.75, 3.05) is 7.11 Å². The number of fused-ring (bicyclic) bond motifs is 3. The van der Waals surface area contributed by atoms with Gasteiger partial charge in [0.25, 0.3) is 5.89 Å². The van der Waals surface area contributed by atoms with Crippen molar-refractivity contribution in [3.63, 3.8) is 0 Å². The molecule has 3 heterocycles. The van der Waals surface area contributed by atoms with Crippen LogP contribution < -0.4 is 9.47 Å². The van der Waals surface area contributed by atoms with E-state index in [-0.39, 0.29) is 6.61 Å². The third-order valence-electron chi connectivity index (χ3n) is 5.12. The molecule has 1 aliphatic rings. The van der Waals surface area contributed by atoms with Gasteiger partial charge in [0.15, 0.2) is 6.61 Å². The average molecular weight is 408 g/mol. The summed E-state index contributed by atoms with van der Waals surface area (Å²) in [6.45, 7) is 0.167. The predicted molar refractivity (Wildman–Crippen MR) is 109 cm³/mol. The Morgan fingerprint density at radius 1 is 1.07 bits per heavy atom. The molecule has 1 aliphatic carbocycles. The topological polar surface area (TPSA) is 83.2 Å². The highest BCUT2D eigenvalue weighted by atomic mass is 32.1. The van der Waals surface area contributed by atoms with Crippen molar-refractivity contribution in [1.82, 2.24) is 20.1 Å². The Balaban J connectivity index is 1.37. The van der Waals surface area contributed by atoms with Gasteiger partial charge in [0.1, 0.15) is 16.9 Å². The van der Waals surface area contributed by atoms with E-state index >= 15 is 0 Å². The molecule has 1 aromatic carbocycles. The summed E-state index contributed by atoms with van der Waals surface area (Å²) < 4.78 is 16.5. The second-order valence-corrected chi connectivity index (χ2v) is 8.04. The lowest BCUT2D eigenvalue weighted by Crippen LogP contribution is -1.99. The van der Waals surface area contributed by atoms with Crippen molar-refractivity contribution >= 4 is 21.6 Å². The van der Waals surface area contributed by atoms with Crippen LogP contribution in [0.1, 0.15) is 35.6 Å². The number of thiophene rings is 1. The molecule has 4 aromatic rings. The zero-order valence-electron chi connectivity index (χ0n) is 16.1. The summed E-state index contributed by atoms with van der Waals surface area (Å²) in [4.78, 5) is 15.7. The summed E-state index contributed by atoms with van der Waals surface area (Å²) in [6, 6.07) is 7.51. The third kappa shape index (κ3) is 3.55. The van der Waals surface area contributed by atoms with Crippen LogP contribution in [0.2, 0.25) is 0 Å². The van der Waals surface area contributed by atoms with Crippen LogP contribution in [0, 0.1) is 0 Å². The van der Waals surface area contributed by atoms with Gasteiger partial charge in [-0.15, -0.1) is 11.3 Å². The number of methoxy groups -OCH3 is 1. The SMILES string of the molecule is COc1ccc(-c2noc(COc3ncnc4sc5c(c34)CCCCC5)n2)cc1. The lowest BCUT2D eigenvalue weighted by molar-refractivity contribution is 0.238. The van der Waals surface area contributed by atoms with Gasteiger partial charge in [-0.3, -0.25) is 0 Å². The number of nitrogens with zero attached hydrogens (tertiary/aromatic N) is 4. The maximum Gasteiger partial charge on any atom is 0.264 e. The molecule has 29 heavy (non-hydrogen) atoms. The molecule has 0 atom stereocenters. The van der Waals surface area contributed by atoms with Crippen LogP contribution in [-0.4, -0.2) is 27.2 Å². The zero-order chi connectivity index (χ0) is 19.6. The van der Waals surface area contributed by atoms with Crippen LogP contribution in [0.3, 0.4) is 0 Å². The number of rotatable bonds is 5. The molecule has 5 rings (SSSR count). The van der Waals surface area contributed by atoms with Crippen molar-refractivity contribution in [2.24, 2.45) is 0 Å². The highest BCUT2D eigenvalue weighted by Crippen LogP contribution is 2.38. The van der Waals surface area contributed by atoms with Gasteiger partial charge >= 0.3 is 0 Å². The molecule has 0 unspecified atom stereocenters. The van der Waals surface area contributed by atoms with Gasteiger partial charge in [-0.05, 0) is 55.5 Å². The summed E-state index contributed by atoms with van der Waals surface area (Å²) in [7, 11) is 1.63. The lowest BCUT2D eigenvalue weighted by Gasteiger charge is -2.05. The maximum absolute atomic E-state index is 6.00. The summed E-state index contributed by atoms with van der Waals surface area (Å²) in [6.07, 6.45) is 7.43. The van der Waals surface area contributed by atoms with Gasteiger partial charge in [-0.25, -0.2) is 9.97 Å². The minimum atomic E-state index is 0.167. The van der Waals surface area contributed by atoms with E-state index in [1.165, 1.54) is 29.7 Å². The monoisotopic (exact) mass is 408 g/mol. The summed E-state index contributed by atoms with van der Waals surface area (Å²) in [5.74, 6) is 2.30. The third-order valence-corrected chi connectivity index (χ3v) is 6.32. The smallest absolute Gasteiger partial charge is 0.264 e. The number of benzene rings is 1. The summed E-state index contributed by atoms with van der Waals surface area (Å²) in [5.41, 5.74) is 2.20. The maximum atomic E-state index is 6.00. The van der Waals surface area contributed by atoms with E-state index in [1.54, 1.807) is 24.8 Å². The van der Waals surface area contributed by atoms with Gasteiger partial charge < -0.3 is 14.0 Å². The van der Waals surface area contributed by atoms with E-state index in [0.717, 1.165) is 34.4 Å². The van der Waals surface area contributed by atoms with E-state index in [1.807, 2.05) is 24.3 Å². The Hall–Kier alpha value is -3.00. The Labute approximate surface area is 171 Å². The van der Waals surface area contributed by atoms with E-state index in [9.17, 15) is 0 Å². The van der Waals surface area contributed by atoms with Crippen molar-refractivity contribution in [3.05, 3.63) is 46.9 Å². The van der Waals surface area contributed by atoms with E-state index in [2.05, 4.69) is 20.1 Å². The van der Waals surface area contributed by atoms with Gasteiger partial charge in [0, 0.05) is 10.4 Å². The van der Waals surface area contributed by atoms with E-state index < -0.39 is 0 Å². The minimum Gasteiger partial charge on any atom is -0.497 e. The molecule has 0 bridgehead atoms. The quantitative estimate of drug-likeness (QED) is 0.446. The van der Waals surface area contributed by atoms with Crippen LogP contribution in [-0.2, 0) is 19.4 Å². The molecule has 0 saturated carbocycles. The first-order chi connectivity index (χ1) is 14.3. The summed E-state index contributed by atoms with van der Waals surface area (Å²) in [5, 5.41) is 5.10. The fourth-order valence-corrected chi connectivity index (χ4v) is 4.87. The molecular weight excluding hydrogens is 388 g/mol. The number of hydrogen-bond acceptors (Lipinski definition) is 8. The number of ether oxygens (including phenoxy) is 2. The fourth-order valence-electron chi connectivity index (χ4n) is 3.65. The van der Waals surface area contributed by atoms with Gasteiger partial charge in [0.05, 0.1) is 12.5 Å². The molecule has 148 valence electrons. The van der Waals surface area contributed by atoms with Crippen molar-refractivity contribution in [1.29, 1.82) is 0 Å². The van der Waals surface area contributed by atoms with Crippen LogP contribution >= 0.6 is 11.3 Å². The molecule has 0 radical (unpaired) electrons. The number of hydrogen-bond donors (Lipinski definition) is 0. The molecule has 0 spiro atoms. The largest absolute Gasteiger partial charge is 0.497 e. The molecule has 3 aromatic heterocycles. The standard InChI is InChI=1S/C21H20N4O3S/c1-26-14-9-7-13(8-10-14)19-24-17(28-25-19)11-27-20-18-15-5-3-2-4-6-16(15)29-21(18)23-12-22-20/h7-10,12H,2-6,11H2,1H3. The number of aromatic nitrogens is 4. The van der Waals surface area contributed by atoms with Gasteiger partial charge in [-0.2, -0.15) is 4.98 Å². The Kier molecular flexibility index (Phi) is 4.85. The Bertz CT molecular complexity index is 1140.